The van der Waals surface area contributed by atoms with Gasteiger partial charge in [-0.05, 0) is 18.2 Å². The van der Waals surface area contributed by atoms with E-state index in [0.29, 0.717) is 16.5 Å². The summed E-state index contributed by atoms with van der Waals surface area (Å²) in [5.74, 6) is 0.331. The Morgan fingerprint density at radius 1 is 1.13 bits per heavy atom. The Labute approximate surface area is 181 Å². The minimum Gasteiger partial charge on any atom is -0.496 e. The number of thioether (sulfide) groups is 1. The van der Waals surface area contributed by atoms with Crippen LogP contribution in [-0.2, 0) is 4.79 Å². The molecule has 0 aliphatic carbocycles. The molecule has 1 saturated heterocycles. The third kappa shape index (κ3) is 2.93. The first-order valence-corrected chi connectivity index (χ1v) is 10.5. The summed E-state index contributed by atoms with van der Waals surface area (Å²) >= 11 is 7.79. The summed E-state index contributed by atoms with van der Waals surface area (Å²) in [5.41, 5.74) is 1.19. The molecule has 2 atom stereocenters. The quantitative estimate of drug-likeness (QED) is 0.654. The number of methoxy groups -OCH3 is 1. The maximum absolute atomic E-state index is 13.4. The minimum absolute atomic E-state index is 0.288. The van der Waals surface area contributed by atoms with Crippen molar-refractivity contribution in [1.82, 2.24) is 10.3 Å². The first kappa shape index (κ1) is 19.0. The molecule has 3 heterocycles. The van der Waals surface area contributed by atoms with Crippen LogP contribution >= 0.6 is 23.4 Å². The molecule has 2 unspecified atom stereocenters. The lowest BCUT2D eigenvalue weighted by molar-refractivity contribution is -0.118. The van der Waals surface area contributed by atoms with Crippen LogP contribution in [0.5, 0.6) is 5.75 Å². The number of anilines is 1. The van der Waals surface area contributed by atoms with Crippen molar-refractivity contribution < 1.29 is 14.3 Å². The van der Waals surface area contributed by atoms with E-state index in [1.807, 2.05) is 36.4 Å². The Morgan fingerprint density at radius 2 is 1.97 bits per heavy atom. The molecule has 2 aromatic carbocycles. The number of urea groups is 1. The van der Waals surface area contributed by atoms with Crippen LogP contribution in [0.2, 0.25) is 5.02 Å². The second-order valence-electron chi connectivity index (χ2n) is 6.92. The van der Waals surface area contributed by atoms with Crippen LogP contribution in [0.3, 0.4) is 0 Å². The molecule has 5 rings (SSSR count). The van der Waals surface area contributed by atoms with Gasteiger partial charge >= 0.3 is 6.03 Å². The van der Waals surface area contributed by atoms with Gasteiger partial charge in [-0.2, -0.15) is 0 Å². The van der Waals surface area contributed by atoms with Crippen LogP contribution in [0.15, 0.2) is 60.9 Å². The fraction of sp³-hybridized carbons (Fsp3) is 0.136. The van der Waals surface area contributed by atoms with E-state index >= 15 is 0 Å². The highest BCUT2D eigenvalue weighted by Gasteiger charge is 2.46. The molecule has 3 amide bonds. The van der Waals surface area contributed by atoms with Gasteiger partial charge in [-0.15, -0.1) is 11.8 Å². The average Bonchev–Trinajstić information content (AvgIpc) is 3.17. The number of nitrogens with zero attached hydrogens (tertiary/aromatic N) is 2. The van der Waals surface area contributed by atoms with Crippen molar-refractivity contribution in [3.05, 3.63) is 71.5 Å². The van der Waals surface area contributed by atoms with E-state index in [9.17, 15) is 9.59 Å². The molecule has 0 bridgehead atoms. The summed E-state index contributed by atoms with van der Waals surface area (Å²) in [5, 5.41) is 4.61. The summed E-state index contributed by atoms with van der Waals surface area (Å²) in [6.45, 7) is 0. The molecule has 1 N–H and O–H groups in total. The number of pyridine rings is 1. The van der Waals surface area contributed by atoms with Crippen molar-refractivity contribution in [2.24, 2.45) is 0 Å². The number of hydrogen-bond acceptors (Lipinski definition) is 5. The number of ether oxygens (including phenoxy) is 1. The van der Waals surface area contributed by atoms with Crippen molar-refractivity contribution in [3.63, 3.8) is 0 Å². The minimum atomic E-state index is -0.502. The highest BCUT2D eigenvalue weighted by atomic mass is 35.5. The highest BCUT2D eigenvalue weighted by Crippen LogP contribution is 2.47. The van der Waals surface area contributed by atoms with Gasteiger partial charge in [-0.1, -0.05) is 41.9 Å². The lowest BCUT2D eigenvalue weighted by atomic mass is 10.1. The summed E-state index contributed by atoms with van der Waals surface area (Å²) in [6, 6.07) is 12.0. The van der Waals surface area contributed by atoms with Crippen molar-refractivity contribution in [1.29, 1.82) is 0 Å². The summed E-state index contributed by atoms with van der Waals surface area (Å²) in [4.78, 5) is 32.5. The molecular weight excluding hydrogens is 422 g/mol. The van der Waals surface area contributed by atoms with Gasteiger partial charge in [0.2, 0.25) is 0 Å². The number of rotatable bonds is 3. The smallest absolute Gasteiger partial charge is 0.329 e. The van der Waals surface area contributed by atoms with Crippen LogP contribution in [0.1, 0.15) is 5.56 Å². The van der Waals surface area contributed by atoms with Crippen LogP contribution < -0.4 is 15.0 Å². The number of aromatic nitrogens is 1. The number of carbonyl (C=O) groups excluding carboxylic acids is 2. The number of carbonyl (C=O) groups is 2. The van der Waals surface area contributed by atoms with E-state index in [1.165, 1.54) is 16.7 Å². The van der Waals surface area contributed by atoms with Crippen molar-refractivity contribution in [2.45, 2.75) is 11.3 Å². The van der Waals surface area contributed by atoms with Gasteiger partial charge in [-0.25, -0.2) is 9.69 Å². The van der Waals surface area contributed by atoms with E-state index in [0.717, 1.165) is 21.2 Å². The third-order valence-electron chi connectivity index (χ3n) is 5.20. The molecule has 6 nitrogen and oxygen atoms in total. The van der Waals surface area contributed by atoms with E-state index < -0.39 is 17.3 Å². The van der Waals surface area contributed by atoms with Crippen LogP contribution in [0.25, 0.3) is 15.7 Å². The molecule has 30 heavy (non-hydrogen) atoms. The molecule has 0 saturated carbocycles. The largest absolute Gasteiger partial charge is 0.496 e. The van der Waals surface area contributed by atoms with Crippen LogP contribution in [0.4, 0.5) is 10.5 Å². The number of halogens is 1. The standard InChI is InChI=1S/C22H16ClN3O3S/c1-29-17-8-4-7-14(23)19(17)18-9-15-20(30-18)21(27)26(22(28)25-15)16-11-24-10-12-5-2-3-6-13(12)16/h2-11,15,20H,1H3,(H,25,28). The highest BCUT2D eigenvalue weighted by molar-refractivity contribution is 8.09. The number of hydrogen-bond donors (Lipinski definition) is 1. The summed E-state index contributed by atoms with van der Waals surface area (Å²) in [7, 11) is 1.57. The maximum atomic E-state index is 13.4. The fourth-order valence-corrected chi connectivity index (χ4v) is 5.47. The maximum Gasteiger partial charge on any atom is 0.329 e. The van der Waals surface area contributed by atoms with Gasteiger partial charge in [-0.3, -0.25) is 9.78 Å². The number of amides is 3. The summed E-state index contributed by atoms with van der Waals surface area (Å²) in [6.07, 6.45) is 5.13. The second kappa shape index (κ2) is 7.34. The lowest BCUT2D eigenvalue weighted by Crippen LogP contribution is -2.60. The Balaban J connectivity index is 1.52. The molecule has 3 aromatic rings. The molecule has 1 fully saturated rings. The zero-order chi connectivity index (χ0) is 20.8. The van der Waals surface area contributed by atoms with Crippen LogP contribution in [0, 0.1) is 0 Å². The van der Waals surface area contributed by atoms with Gasteiger partial charge in [0.25, 0.3) is 5.91 Å². The SMILES string of the molecule is COc1cccc(Cl)c1C1=CC2NC(=O)N(c3cncc4ccccc34)C(=O)C2S1. The molecule has 2 aliphatic rings. The first-order chi connectivity index (χ1) is 14.6. The predicted octanol–water partition coefficient (Wildman–Crippen LogP) is 4.48. The van der Waals surface area contributed by atoms with Crippen LogP contribution in [-0.4, -0.2) is 35.3 Å². The van der Waals surface area contributed by atoms with E-state index in [-0.39, 0.29) is 5.91 Å². The monoisotopic (exact) mass is 437 g/mol. The zero-order valence-electron chi connectivity index (χ0n) is 15.8. The van der Waals surface area contributed by atoms with E-state index in [1.54, 1.807) is 31.6 Å². The molecule has 1 aromatic heterocycles. The number of fused-ring (bicyclic) bond motifs is 2. The van der Waals surface area contributed by atoms with Crippen molar-refractivity contribution in [3.8, 4) is 5.75 Å². The molecule has 2 aliphatic heterocycles. The van der Waals surface area contributed by atoms with Gasteiger partial charge in [0.15, 0.2) is 0 Å². The molecule has 0 radical (unpaired) electrons. The summed E-state index contributed by atoms with van der Waals surface area (Å²) < 4.78 is 5.45. The molecule has 0 spiro atoms. The number of imide groups is 1. The normalized spacial score (nSPS) is 20.7. The van der Waals surface area contributed by atoms with Gasteiger partial charge in [0, 0.05) is 27.4 Å². The first-order valence-electron chi connectivity index (χ1n) is 9.27. The van der Waals surface area contributed by atoms with Gasteiger partial charge < -0.3 is 10.1 Å². The fourth-order valence-electron chi connectivity index (χ4n) is 3.82. The topological polar surface area (TPSA) is 71.5 Å². The number of nitrogens with one attached hydrogen (secondary N) is 1. The Kier molecular flexibility index (Phi) is 4.64. The second-order valence-corrected chi connectivity index (χ2v) is 8.51. The Bertz CT molecular complexity index is 1220. The molecule has 150 valence electrons. The van der Waals surface area contributed by atoms with Crippen molar-refractivity contribution >= 4 is 56.7 Å². The molecular formula is C22H16ClN3O3S. The Hall–Kier alpha value is -3.03. The van der Waals surface area contributed by atoms with Gasteiger partial charge in [0.05, 0.1) is 30.1 Å². The zero-order valence-corrected chi connectivity index (χ0v) is 17.4. The van der Waals surface area contributed by atoms with Gasteiger partial charge in [0.1, 0.15) is 11.0 Å². The average molecular weight is 438 g/mol. The Morgan fingerprint density at radius 3 is 2.80 bits per heavy atom. The third-order valence-corrected chi connectivity index (χ3v) is 6.86. The van der Waals surface area contributed by atoms with E-state index in [2.05, 4.69) is 10.3 Å². The van der Waals surface area contributed by atoms with E-state index in [4.69, 9.17) is 16.3 Å². The number of benzene rings is 2. The predicted molar refractivity (Wildman–Crippen MR) is 119 cm³/mol. The molecule has 8 heteroatoms. The lowest BCUT2D eigenvalue weighted by Gasteiger charge is -2.33. The van der Waals surface area contributed by atoms with Crippen molar-refractivity contribution in [2.75, 3.05) is 12.0 Å².